The predicted octanol–water partition coefficient (Wildman–Crippen LogP) is 2.90. The molecule has 1 heterocycles. The van der Waals surface area contributed by atoms with E-state index in [1.54, 1.807) is 12.1 Å². The number of carbonyl (C=O) groups is 1. The van der Waals surface area contributed by atoms with Gasteiger partial charge in [0.15, 0.2) is 0 Å². The fourth-order valence-corrected chi connectivity index (χ4v) is 4.46. The zero-order valence-electron chi connectivity index (χ0n) is 16.2. The lowest BCUT2D eigenvalue weighted by atomic mass is 10.0. The van der Waals surface area contributed by atoms with Gasteiger partial charge in [0.05, 0.1) is 17.5 Å². The van der Waals surface area contributed by atoms with Gasteiger partial charge in [0.25, 0.3) is 5.91 Å². The molecule has 0 aromatic heterocycles. The van der Waals surface area contributed by atoms with Gasteiger partial charge in [-0.1, -0.05) is 29.8 Å². The number of nitrogens with zero attached hydrogens (tertiary/aromatic N) is 1. The first kappa shape index (κ1) is 20.5. The third-order valence-corrected chi connectivity index (χ3v) is 6.46. The van der Waals surface area contributed by atoms with E-state index in [0.717, 1.165) is 18.4 Å². The van der Waals surface area contributed by atoms with Crippen molar-refractivity contribution in [3.05, 3.63) is 65.2 Å². The van der Waals surface area contributed by atoms with Gasteiger partial charge in [-0.2, -0.15) is 0 Å². The lowest BCUT2D eigenvalue weighted by Gasteiger charge is -2.25. The van der Waals surface area contributed by atoms with Gasteiger partial charge in [0.1, 0.15) is 0 Å². The third kappa shape index (κ3) is 4.60. The largest absolute Gasteiger partial charge is 0.383 e. The second kappa shape index (κ2) is 8.86. The molecule has 1 N–H and O–H groups in total. The van der Waals surface area contributed by atoms with Crippen molar-refractivity contribution >= 4 is 15.9 Å². The SMILES string of the molecule is COCCNS(=O)(=O)c1ccc(C(=O)N2CCCC2c2ccc(C)cc2)cc1. The van der Waals surface area contributed by atoms with Crippen LogP contribution in [-0.2, 0) is 14.8 Å². The van der Waals surface area contributed by atoms with E-state index in [2.05, 4.69) is 29.0 Å². The molecule has 1 fully saturated rings. The van der Waals surface area contributed by atoms with Gasteiger partial charge < -0.3 is 9.64 Å². The second-order valence-electron chi connectivity index (χ2n) is 6.98. The molecule has 2 aromatic rings. The van der Waals surface area contributed by atoms with Crippen LogP contribution in [-0.4, -0.2) is 46.0 Å². The summed E-state index contributed by atoms with van der Waals surface area (Å²) < 4.78 is 31.8. The van der Waals surface area contributed by atoms with E-state index in [0.29, 0.717) is 18.7 Å². The second-order valence-corrected chi connectivity index (χ2v) is 8.75. The molecular weight excluding hydrogens is 376 g/mol. The highest BCUT2D eigenvalue weighted by molar-refractivity contribution is 7.89. The number of ether oxygens (including phenoxy) is 1. The summed E-state index contributed by atoms with van der Waals surface area (Å²) in [5.74, 6) is -0.0700. The van der Waals surface area contributed by atoms with Gasteiger partial charge in [-0.05, 0) is 49.6 Å². The maximum Gasteiger partial charge on any atom is 0.254 e. The van der Waals surface area contributed by atoms with E-state index in [-0.39, 0.29) is 23.4 Å². The van der Waals surface area contributed by atoms with E-state index < -0.39 is 10.0 Å². The van der Waals surface area contributed by atoms with Crippen LogP contribution in [0.1, 0.15) is 40.4 Å². The van der Waals surface area contributed by atoms with Crippen molar-refractivity contribution in [3.8, 4) is 0 Å². The summed E-state index contributed by atoms with van der Waals surface area (Å²) in [6.07, 6.45) is 1.89. The quantitative estimate of drug-likeness (QED) is 0.723. The molecule has 0 bridgehead atoms. The van der Waals surface area contributed by atoms with Crippen LogP contribution in [0.2, 0.25) is 0 Å². The molecule has 1 atom stereocenters. The molecule has 1 aliphatic heterocycles. The number of hydrogen-bond acceptors (Lipinski definition) is 4. The number of methoxy groups -OCH3 is 1. The Labute approximate surface area is 166 Å². The van der Waals surface area contributed by atoms with Crippen molar-refractivity contribution in [2.45, 2.75) is 30.7 Å². The molecule has 0 spiro atoms. The van der Waals surface area contributed by atoms with Crippen LogP contribution < -0.4 is 4.72 Å². The molecule has 2 aromatic carbocycles. The highest BCUT2D eigenvalue weighted by Crippen LogP contribution is 2.33. The van der Waals surface area contributed by atoms with E-state index in [9.17, 15) is 13.2 Å². The van der Waals surface area contributed by atoms with Gasteiger partial charge >= 0.3 is 0 Å². The maximum atomic E-state index is 13.0. The molecule has 6 nitrogen and oxygen atoms in total. The molecule has 0 aliphatic carbocycles. The molecule has 28 heavy (non-hydrogen) atoms. The van der Waals surface area contributed by atoms with E-state index in [4.69, 9.17) is 4.74 Å². The van der Waals surface area contributed by atoms with Crippen LogP contribution in [0.4, 0.5) is 0 Å². The molecule has 1 amide bonds. The standard InChI is InChI=1S/C21H26N2O4S/c1-16-5-7-17(8-6-16)20-4-3-14-23(20)21(24)18-9-11-19(12-10-18)28(25,26)22-13-15-27-2/h5-12,20,22H,3-4,13-15H2,1-2H3. The first-order valence-corrected chi connectivity index (χ1v) is 10.9. The summed E-state index contributed by atoms with van der Waals surface area (Å²) in [5, 5.41) is 0. The third-order valence-electron chi connectivity index (χ3n) is 4.99. The van der Waals surface area contributed by atoms with Crippen LogP contribution in [0.15, 0.2) is 53.4 Å². The zero-order chi connectivity index (χ0) is 20.1. The summed E-state index contributed by atoms with van der Waals surface area (Å²) in [6, 6.07) is 14.4. The number of benzene rings is 2. The molecular formula is C21H26N2O4S. The van der Waals surface area contributed by atoms with Gasteiger partial charge in [-0.15, -0.1) is 0 Å². The lowest BCUT2D eigenvalue weighted by molar-refractivity contribution is 0.0735. The minimum absolute atomic E-state index is 0.0622. The van der Waals surface area contributed by atoms with E-state index >= 15 is 0 Å². The minimum Gasteiger partial charge on any atom is -0.383 e. The Morgan fingerprint density at radius 1 is 1.14 bits per heavy atom. The number of carbonyl (C=O) groups excluding carboxylic acids is 1. The highest BCUT2D eigenvalue weighted by atomic mass is 32.2. The Bertz CT molecular complexity index is 908. The van der Waals surface area contributed by atoms with Crippen LogP contribution in [0.5, 0.6) is 0 Å². The van der Waals surface area contributed by atoms with Crippen LogP contribution in [0.3, 0.4) is 0 Å². The Morgan fingerprint density at radius 3 is 2.46 bits per heavy atom. The van der Waals surface area contributed by atoms with Gasteiger partial charge in [-0.3, -0.25) is 4.79 Å². The molecule has 1 aliphatic rings. The molecule has 1 unspecified atom stereocenters. The average molecular weight is 403 g/mol. The van der Waals surface area contributed by atoms with Crippen LogP contribution >= 0.6 is 0 Å². The zero-order valence-corrected chi connectivity index (χ0v) is 17.0. The van der Waals surface area contributed by atoms with Crippen molar-refractivity contribution in [1.29, 1.82) is 0 Å². The van der Waals surface area contributed by atoms with Gasteiger partial charge in [-0.25, -0.2) is 13.1 Å². The molecule has 3 rings (SSSR count). The Morgan fingerprint density at radius 2 is 1.82 bits per heavy atom. The number of aryl methyl sites for hydroxylation is 1. The number of sulfonamides is 1. The first-order valence-electron chi connectivity index (χ1n) is 9.38. The first-order chi connectivity index (χ1) is 13.4. The number of nitrogens with one attached hydrogen (secondary N) is 1. The molecule has 0 saturated carbocycles. The smallest absolute Gasteiger partial charge is 0.254 e. The van der Waals surface area contributed by atoms with Gasteiger partial charge in [0.2, 0.25) is 10.0 Å². The number of likely N-dealkylation sites (tertiary alicyclic amines) is 1. The topological polar surface area (TPSA) is 75.7 Å². The molecule has 0 radical (unpaired) electrons. The summed E-state index contributed by atoms with van der Waals surface area (Å²) in [5.41, 5.74) is 2.82. The average Bonchev–Trinajstić information content (AvgIpc) is 3.18. The van der Waals surface area contributed by atoms with Crippen molar-refractivity contribution in [3.63, 3.8) is 0 Å². The Hall–Kier alpha value is -2.22. The van der Waals surface area contributed by atoms with Crippen LogP contribution in [0, 0.1) is 6.92 Å². The lowest BCUT2D eigenvalue weighted by Crippen LogP contribution is -2.30. The summed E-state index contributed by atoms with van der Waals surface area (Å²) in [7, 11) is -2.10. The summed E-state index contributed by atoms with van der Waals surface area (Å²) in [4.78, 5) is 15.0. The normalized spacial score (nSPS) is 17.1. The Kier molecular flexibility index (Phi) is 6.49. The van der Waals surface area contributed by atoms with Crippen LogP contribution in [0.25, 0.3) is 0 Å². The van der Waals surface area contributed by atoms with Crippen molar-refractivity contribution in [2.24, 2.45) is 0 Å². The minimum atomic E-state index is -3.61. The van der Waals surface area contributed by atoms with E-state index in [1.165, 1.54) is 24.8 Å². The summed E-state index contributed by atoms with van der Waals surface area (Å²) in [6.45, 7) is 3.24. The Balaban J connectivity index is 1.74. The van der Waals surface area contributed by atoms with Crippen molar-refractivity contribution in [2.75, 3.05) is 26.8 Å². The number of amides is 1. The number of hydrogen-bond donors (Lipinski definition) is 1. The number of rotatable bonds is 7. The molecule has 1 saturated heterocycles. The molecule has 150 valence electrons. The van der Waals surface area contributed by atoms with Crippen molar-refractivity contribution in [1.82, 2.24) is 9.62 Å². The van der Waals surface area contributed by atoms with Crippen molar-refractivity contribution < 1.29 is 17.9 Å². The van der Waals surface area contributed by atoms with Gasteiger partial charge in [0, 0.05) is 25.8 Å². The monoisotopic (exact) mass is 402 g/mol. The van der Waals surface area contributed by atoms with E-state index in [1.807, 2.05) is 11.8 Å². The maximum absolute atomic E-state index is 13.0. The fraction of sp³-hybridized carbons (Fsp3) is 0.381. The highest BCUT2D eigenvalue weighted by Gasteiger charge is 2.30. The summed E-state index contributed by atoms with van der Waals surface area (Å²) >= 11 is 0. The predicted molar refractivity (Wildman–Crippen MR) is 108 cm³/mol. The fourth-order valence-electron chi connectivity index (χ4n) is 3.45. The molecule has 7 heteroatoms.